The Morgan fingerprint density at radius 1 is 1.13 bits per heavy atom. The number of nitrogens with zero attached hydrogens (tertiary/aromatic N) is 1. The third-order valence-corrected chi connectivity index (χ3v) is 6.17. The monoisotopic (exact) mass is 425 g/mol. The Labute approximate surface area is 183 Å². The molecule has 1 heterocycles. The molecule has 6 nitrogen and oxygen atoms in total. The topological polar surface area (TPSA) is 85.7 Å². The van der Waals surface area contributed by atoms with Crippen molar-refractivity contribution in [3.05, 3.63) is 53.9 Å². The molecule has 1 fully saturated rings. The second kappa shape index (κ2) is 10.4. The van der Waals surface area contributed by atoms with Gasteiger partial charge in [-0.05, 0) is 31.2 Å². The Balaban J connectivity index is 1.67. The van der Waals surface area contributed by atoms with Gasteiger partial charge in [0.15, 0.2) is 23.0 Å². The van der Waals surface area contributed by atoms with Crippen LogP contribution in [0.5, 0.6) is 11.5 Å². The van der Waals surface area contributed by atoms with Crippen LogP contribution in [-0.2, 0) is 9.53 Å². The molecule has 1 aromatic heterocycles. The van der Waals surface area contributed by atoms with Gasteiger partial charge in [0.25, 0.3) is 0 Å². The molecule has 2 aromatic rings. The minimum Gasteiger partial charge on any atom is -0.503 e. The molecule has 1 aliphatic carbocycles. The fourth-order valence-electron chi connectivity index (χ4n) is 4.55. The van der Waals surface area contributed by atoms with E-state index in [1.54, 1.807) is 6.92 Å². The van der Waals surface area contributed by atoms with Crippen LogP contribution in [0, 0.1) is 11.8 Å². The number of carbonyl (C=O) groups is 2. The van der Waals surface area contributed by atoms with Crippen molar-refractivity contribution in [3.63, 3.8) is 0 Å². The van der Waals surface area contributed by atoms with Crippen molar-refractivity contribution in [3.8, 4) is 11.5 Å². The molecule has 6 heteroatoms. The van der Waals surface area contributed by atoms with Gasteiger partial charge in [-0.15, -0.1) is 0 Å². The Kier molecular flexibility index (Phi) is 7.66. The Hall–Kier alpha value is -2.89. The van der Waals surface area contributed by atoms with Gasteiger partial charge in [0.2, 0.25) is 0 Å². The highest BCUT2D eigenvalue weighted by Crippen LogP contribution is 2.40. The molecule has 1 aromatic carbocycles. The van der Waals surface area contributed by atoms with Crippen molar-refractivity contribution in [2.24, 2.45) is 11.8 Å². The Bertz CT molecular complexity index is 892. The highest BCUT2D eigenvalue weighted by Gasteiger charge is 2.34. The quantitative estimate of drug-likeness (QED) is 0.454. The molecule has 0 radical (unpaired) electrons. The molecule has 1 aliphatic rings. The van der Waals surface area contributed by atoms with E-state index in [-0.39, 0.29) is 35.6 Å². The summed E-state index contributed by atoms with van der Waals surface area (Å²) in [5.74, 6) is -1.01. The van der Waals surface area contributed by atoms with E-state index in [4.69, 9.17) is 9.47 Å². The lowest BCUT2D eigenvalue weighted by Gasteiger charge is -2.30. The number of esters is 1. The Morgan fingerprint density at radius 2 is 1.81 bits per heavy atom. The molecule has 1 N–H and O–H groups in total. The zero-order chi connectivity index (χ0) is 22.4. The van der Waals surface area contributed by atoms with Gasteiger partial charge in [0.1, 0.15) is 6.10 Å². The number of methoxy groups -OCH3 is 1. The largest absolute Gasteiger partial charge is 0.503 e. The fraction of sp³-hybridized carbons (Fsp3) is 0.480. The van der Waals surface area contributed by atoms with E-state index in [0.29, 0.717) is 5.92 Å². The smallest absolute Gasteiger partial charge is 0.309 e. The van der Waals surface area contributed by atoms with E-state index in [1.165, 1.54) is 37.8 Å². The maximum absolute atomic E-state index is 12.8. The highest BCUT2D eigenvalue weighted by atomic mass is 16.5. The van der Waals surface area contributed by atoms with Crippen LogP contribution < -0.4 is 4.74 Å². The number of hydrogen-bond acceptors (Lipinski definition) is 6. The first-order valence-corrected chi connectivity index (χ1v) is 10.9. The van der Waals surface area contributed by atoms with Crippen molar-refractivity contribution in [2.45, 2.75) is 58.0 Å². The molecule has 0 saturated heterocycles. The van der Waals surface area contributed by atoms with E-state index in [9.17, 15) is 14.7 Å². The molecule has 0 aliphatic heterocycles. The predicted octanol–water partition coefficient (Wildman–Crippen LogP) is 4.91. The SMILES string of the molecule is COc1ccnc(C(=O)C[C@@H](C)C(=O)OC(C)[C@H](c2ccccc2)C2CCCC2)c1O. The van der Waals surface area contributed by atoms with Gasteiger partial charge in [-0.2, -0.15) is 0 Å². The summed E-state index contributed by atoms with van der Waals surface area (Å²) in [6.07, 6.45) is 5.68. The van der Waals surface area contributed by atoms with Crippen LogP contribution in [0.1, 0.15) is 67.9 Å². The normalized spacial score (nSPS) is 17.0. The molecule has 0 bridgehead atoms. The number of ketones is 1. The van der Waals surface area contributed by atoms with E-state index in [2.05, 4.69) is 17.1 Å². The van der Waals surface area contributed by atoms with Gasteiger partial charge in [-0.3, -0.25) is 9.59 Å². The number of carbonyl (C=O) groups excluding carboxylic acids is 2. The van der Waals surface area contributed by atoms with Crippen LogP contribution in [0.2, 0.25) is 0 Å². The van der Waals surface area contributed by atoms with Crippen LogP contribution in [-0.4, -0.2) is 35.1 Å². The van der Waals surface area contributed by atoms with Gasteiger partial charge in [-0.1, -0.05) is 50.1 Å². The maximum atomic E-state index is 12.8. The molecule has 166 valence electrons. The average molecular weight is 426 g/mol. The van der Waals surface area contributed by atoms with Crippen LogP contribution >= 0.6 is 0 Å². The standard InChI is InChI=1S/C25H31NO5/c1-16(15-20(27)23-24(28)21(30-3)13-14-26-23)25(29)31-17(2)22(19-11-7-8-12-19)18-9-5-4-6-10-18/h4-6,9-10,13-14,16-17,19,22,28H,7-8,11-12,15H2,1-3H3/t16-,17?,22-/m1/s1. The predicted molar refractivity (Wildman–Crippen MR) is 117 cm³/mol. The summed E-state index contributed by atoms with van der Waals surface area (Å²) in [5, 5.41) is 10.2. The summed E-state index contributed by atoms with van der Waals surface area (Å²) < 4.78 is 10.9. The number of ether oxygens (including phenoxy) is 2. The number of hydrogen-bond donors (Lipinski definition) is 1. The van der Waals surface area contributed by atoms with E-state index in [1.807, 2.05) is 25.1 Å². The van der Waals surface area contributed by atoms with Crippen LogP contribution in [0.25, 0.3) is 0 Å². The van der Waals surface area contributed by atoms with E-state index < -0.39 is 17.7 Å². The summed E-state index contributed by atoms with van der Waals surface area (Å²) in [6.45, 7) is 3.61. The minimum atomic E-state index is -0.651. The number of rotatable bonds is 9. The van der Waals surface area contributed by atoms with Gasteiger partial charge in [-0.25, -0.2) is 4.98 Å². The molecular formula is C25H31NO5. The minimum absolute atomic E-state index is 0.0971. The first kappa shape index (κ1) is 22.8. The molecule has 3 rings (SSSR count). The number of aromatic nitrogens is 1. The first-order chi connectivity index (χ1) is 14.9. The van der Waals surface area contributed by atoms with Crippen molar-refractivity contribution in [2.75, 3.05) is 7.11 Å². The second-order valence-electron chi connectivity index (χ2n) is 8.36. The highest BCUT2D eigenvalue weighted by molar-refractivity contribution is 5.99. The third-order valence-electron chi connectivity index (χ3n) is 6.17. The van der Waals surface area contributed by atoms with Crippen molar-refractivity contribution in [1.29, 1.82) is 0 Å². The Morgan fingerprint density at radius 3 is 2.45 bits per heavy atom. The van der Waals surface area contributed by atoms with Gasteiger partial charge < -0.3 is 14.6 Å². The summed E-state index contributed by atoms with van der Waals surface area (Å²) in [5.41, 5.74) is 1.09. The summed E-state index contributed by atoms with van der Waals surface area (Å²) in [6, 6.07) is 11.7. The molecule has 3 atom stereocenters. The number of Topliss-reactive ketones (excluding diaryl/α,β-unsaturated/α-hetero) is 1. The van der Waals surface area contributed by atoms with Gasteiger partial charge in [0.05, 0.1) is 13.0 Å². The van der Waals surface area contributed by atoms with Crippen LogP contribution in [0.15, 0.2) is 42.6 Å². The molecule has 1 saturated carbocycles. The molecule has 0 amide bonds. The fourth-order valence-corrected chi connectivity index (χ4v) is 4.55. The lowest BCUT2D eigenvalue weighted by Crippen LogP contribution is -2.30. The molecule has 31 heavy (non-hydrogen) atoms. The van der Waals surface area contributed by atoms with Crippen LogP contribution in [0.3, 0.4) is 0 Å². The third kappa shape index (κ3) is 5.43. The average Bonchev–Trinajstić information content (AvgIpc) is 3.28. The number of benzene rings is 1. The zero-order valence-corrected chi connectivity index (χ0v) is 18.4. The molecule has 1 unspecified atom stereocenters. The number of pyridine rings is 1. The van der Waals surface area contributed by atoms with Gasteiger partial charge >= 0.3 is 5.97 Å². The van der Waals surface area contributed by atoms with Crippen LogP contribution in [0.4, 0.5) is 0 Å². The molecule has 0 spiro atoms. The summed E-state index contributed by atoms with van der Waals surface area (Å²) in [4.78, 5) is 29.4. The first-order valence-electron chi connectivity index (χ1n) is 10.9. The summed E-state index contributed by atoms with van der Waals surface area (Å²) >= 11 is 0. The van der Waals surface area contributed by atoms with Crippen molar-refractivity contribution >= 4 is 11.8 Å². The summed E-state index contributed by atoms with van der Waals surface area (Å²) in [7, 11) is 1.40. The molecular weight excluding hydrogens is 394 g/mol. The number of aromatic hydroxyl groups is 1. The zero-order valence-electron chi connectivity index (χ0n) is 18.4. The maximum Gasteiger partial charge on any atom is 0.309 e. The second-order valence-corrected chi connectivity index (χ2v) is 8.36. The lowest BCUT2D eigenvalue weighted by molar-refractivity contribution is -0.154. The van der Waals surface area contributed by atoms with Crippen molar-refractivity contribution < 1.29 is 24.2 Å². The van der Waals surface area contributed by atoms with E-state index >= 15 is 0 Å². The van der Waals surface area contributed by atoms with E-state index in [0.717, 1.165) is 12.8 Å². The lowest BCUT2D eigenvalue weighted by atomic mass is 9.81. The van der Waals surface area contributed by atoms with Gasteiger partial charge in [0, 0.05) is 24.6 Å². The van der Waals surface area contributed by atoms with Crippen molar-refractivity contribution in [1.82, 2.24) is 4.98 Å².